The van der Waals surface area contributed by atoms with Gasteiger partial charge in [0.15, 0.2) is 5.84 Å². The summed E-state index contributed by atoms with van der Waals surface area (Å²) in [4.78, 5) is 0. The summed E-state index contributed by atoms with van der Waals surface area (Å²) in [5.41, 5.74) is 6.94. The molecule has 1 atom stereocenters. The second kappa shape index (κ2) is 5.81. The maximum absolute atomic E-state index is 12.7. The highest BCUT2D eigenvalue weighted by Gasteiger charge is 2.43. The van der Waals surface area contributed by atoms with Crippen LogP contribution < -0.4 is 10.5 Å². The van der Waals surface area contributed by atoms with Gasteiger partial charge in [-0.3, -0.25) is 0 Å². The summed E-state index contributed by atoms with van der Waals surface area (Å²) in [6.45, 7) is 2.98. The molecule has 0 fully saturated rings. The summed E-state index contributed by atoms with van der Waals surface area (Å²) in [6.07, 6.45) is -4.63. The molecule has 0 aliphatic heterocycles. The fourth-order valence-corrected chi connectivity index (χ4v) is 1.40. The van der Waals surface area contributed by atoms with Crippen LogP contribution >= 0.6 is 0 Å². The van der Waals surface area contributed by atoms with Crippen LogP contribution in [0.3, 0.4) is 0 Å². The average Bonchev–Trinajstić information content (AvgIpc) is 2.31. The molecule has 0 spiro atoms. The summed E-state index contributed by atoms with van der Waals surface area (Å²) < 4.78 is 43.0. The zero-order valence-corrected chi connectivity index (χ0v) is 10.5. The van der Waals surface area contributed by atoms with Crippen LogP contribution in [0, 0.1) is 19.8 Å². The van der Waals surface area contributed by atoms with Crippen molar-refractivity contribution in [2.45, 2.75) is 20.0 Å². The van der Waals surface area contributed by atoms with E-state index in [4.69, 9.17) is 15.7 Å². The summed E-state index contributed by atoms with van der Waals surface area (Å²) in [6, 6.07) is 4.95. The first-order chi connectivity index (χ1) is 8.75. The second-order valence-corrected chi connectivity index (χ2v) is 4.18. The molecule has 0 bridgehead atoms. The number of amidine groups is 1. The first-order valence-corrected chi connectivity index (χ1v) is 5.50. The number of benzene rings is 1. The molecule has 7 heteroatoms. The van der Waals surface area contributed by atoms with Crippen molar-refractivity contribution in [3.63, 3.8) is 0 Å². The lowest BCUT2D eigenvalue weighted by molar-refractivity contribution is -0.162. The number of rotatable bonds is 4. The van der Waals surface area contributed by atoms with Crippen molar-refractivity contribution in [3.05, 3.63) is 29.3 Å². The van der Waals surface area contributed by atoms with Crippen molar-refractivity contribution >= 4 is 5.84 Å². The van der Waals surface area contributed by atoms with Gasteiger partial charge in [0.1, 0.15) is 18.3 Å². The Bertz CT molecular complexity index is 473. The molecule has 1 unspecified atom stereocenters. The third-order valence-corrected chi connectivity index (χ3v) is 2.76. The first-order valence-electron chi connectivity index (χ1n) is 5.50. The van der Waals surface area contributed by atoms with Crippen molar-refractivity contribution in [3.8, 4) is 5.75 Å². The molecule has 0 heterocycles. The van der Waals surface area contributed by atoms with Gasteiger partial charge < -0.3 is 15.7 Å². The quantitative estimate of drug-likeness (QED) is 0.384. The van der Waals surface area contributed by atoms with E-state index in [1.807, 2.05) is 13.8 Å². The highest BCUT2D eigenvalue weighted by molar-refractivity contribution is 5.83. The number of nitrogens with two attached hydrogens (primary N) is 1. The van der Waals surface area contributed by atoms with Gasteiger partial charge in [0.05, 0.1) is 0 Å². The maximum Gasteiger partial charge on any atom is 0.402 e. The Morgan fingerprint density at radius 1 is 1.37 bits per heavy atom. The minimum atomic E-state index is -4.63. The lowest BCUT2D eigenvalue weighted by Crippen LogP contribution is -2.40. The van der Waals surface area contributed by atoms with Gasteiger partial charge in [-0.15, -0.1) is 0 Å². The Morgan fingerprint density at radius 3 is 2.47 bits per heavy atom. The Kier molecular flexibility index (Phi) is 4.63. The monoisotopic (exact) mass is 276 g/mol. The Balaban J connectivity index is 2.79. The number of aryl methyl sites for hydroxylation is 2. The Morgan fingerprint density at radius 2 is 2.00 bits per heavy atom. The normalized spacial score (nSPS) is 14.3. The fraction of sp³-hybridized carbons (Fsp3) is 0.417. The highest BCUT2D eigenvalue weighted by atomic mass is 19.4. The van der Waals surface area contributed by atoms with E-state index in [9.17, 15) is 13.2 Å². The number of alkyl halides is 3. The molecule has 1 aromatic rings. The lowest BCUT2D eigenvalue weighted by atomic mass is 10.1. The average molecular weight is 276 g/mol. The lowest BCUT2D eigenvalue weighted by Gasteiger charge is -2.19. The third-order valence-electron chi connectivity index (χ3n) is 2.76. The minimum absolute atomic E-state index is 0.308. The first kappa shape index (κ1) is 15.1. The van der Waals surface area contributed by atoms with Gasteiger partial charge in [-0.25, -0.2) is 0 Å². The molecule has 0 aromatic heterocycles. The SMILES string of the molecule is Cc1ccc(OCC(/C(N)=N/O)C(F)(F)F)cc1C. The molecule has 1 rings (SSSR count). The minimum Gasteiger partial charge on any atom is -0.492 e. The molecule has 0 aliphatic rings. The van der Waals surface area contributed by atoms with Crippen LogP contribution in [-0.4, -0.2) is 23.8 Å². The largest absolute Gasteiger partial charge is 0.492 e. The molecule has 0 saturated carbocycles. The molecule has 106 valence electrons. The van der Waals surface area contributed by atoms with E-state index in [2.05, 4.69) is 5.16 Å². The van der Waals surface area contributed by atoms with E-state index in [0.29, 0.717) is 5.75 Å². The summed E-state index contributed by atoms with van der Waals surface area (Å²) >= 11 is 0. The van der Waals surface area contributed by atoms with E-state index in [1.54, 1.807) is 18.2 Å². The Labute approximate surface area is 108 Å². The second-order valence-electron chi connectivity index (χ2n) is 4.18. The molecule has 0 saturated heterocycles. The van der Waals surface area contributed by atoms with E-state index in [-0.39, 0.29) is 0 Å². The van der Waals surface area contributed by atoms with Crippen molar-refractivity contribution in [1.82, 2.24) is 0 Å². The number of nitrogens with zero attached hydrogens (tertiary/aromatic N) is 1. The number of hydrogen-bond donors (Lipinski definition) is 2. The molecule has 0 aliphatic carbocycles. The molecule has 3 N–H and O–H groups in total. The fourth-order valence-electron chi connectivity index (χ4n) is 1.40. The van der Waals surface area contributed by atoms with Crippen LogP contribution in [0.4, 0.5) is 13.2 Å². The van der Waals surface area contributed by atoms with Gasteiger partial charge >= 0.3 is 6.18 Å². The number of oxime groups is 1. The van der Waals surface area contributed by atoms with Gasteiger partial charge in [0, 0.05) is 0 Å². The predicted octanol–water partition coefficient (Wildman–Crippen LogP) is 2.61. The van der Waals surface area contributed by atoms with Crippen molar-refractivity contribution < 1.29 is 23.1 Å². The molecular weight excluding hydrogens is 261 g/mol. The zero-order chi connectivity index (χ0) is 14.6. The maximum atomic E-state index is 12.7. The van der Waals surface area contributed by atoms with Crippen LogP contribution in [-0.2, 0) is 0 Å². The van der Waals surface area contributed by atoms with Crippen LogP contribution in [0.1, 0.15) is 11.1 Å². The Hall–Kier alpha value is -1.92. The van der Waals surface area contributed by atoms with Gasteiger partial charge in [0.2, 0.25) is 0 Å². The summed E-state index contributed by atoms with van der Waals surface area (Å²) in [5, 5.41) is 10.7. The third kappa shape index (κ3) is 4.04. The molecule has 0 radical (unpaired) electrons. The summed E-state index contributed by atoms with van der Waals surface area (Å²) in [5.74, 6) is -2.75. The molecular formula is C12H15F3N2O2. The molecule has 19 heavy (non-hydrogen) atoms. The summed E-state index contributed by atoms with van der Waals surface area (Å²) in [7, 11) is 0. The number of halogens is 3. The van der Waals surface area contributed by atoms with Gasteiger partial charge in [-0.2, -0.15) is 13.2 Å². The van der Waals surface area contributed by atoms with Crippen LogP contribution in [0.25, 0.3) is 0 Å². The van der Waals surface area contributed by atoms with Crippen LogP contribution in [0.2, 0.25) is 0 Å². The van der Waals surface area contributed by atoms with Gasteiger partial charge in [-0.05, 0) is 37.1 Å². The van der Waals surface area contributed by atoms with E-state index in [0.717, 1.165) is 11.1 Å². The highest BCUT2D eigenvalue weighted by Crippen LogP contribution is 2.27. The molecule has 0 amide bonds. The number of hydrogen-bond acceptors (Lipinski definition) is 3. The van der Waals surface area contributed by atoms with Crippen LogP contribution in [0.15, 0.2) is 23.4 Å². The standard InChI is InChI=1S/C12H15F3N2O2/c1-7-3-4-9(5-8(7)2)19-6-10(11(16)17-18)12(13,14)15/h3-5,10,18H,6H2,1-2H3,(H2,16,17). The van der Waals surface area contributed by atoms with Crippen molar-refractivity contribution in [1.29, 1.82) is 0 Å². The van der Waals surface area contributed by atoms with Gasteiger partial charge in [0.25, 0.3) is 0 Å². The van der Waals surface area contributed by atoms with Crippen molar-refractivity contribution in [2.24, 2.45) is 16.8 Å². The number of ether oxygens (including phenoxy) is 1. The van der Waals surface area contributed by atoms with Gasteiger partial charge in [-0.1, -0.05) is 11.2 Å². The van der Waals surface area contributed by atoms with Crippen molar-refractivity contribution in [2.75, 3.05) is 6.61 Å². The van der Waals surface area contributed by atoms with E-state index < -0.39 is 24.5 Å². The molecule has 4 nitrogen and oxygen atoms in total. The zero-order valence-electron chi connectivity index (χ0n) is 10.5. The predicted molar refractivity (Wildman–Crippen MR) is 64.4 cm³/mol. The van der Waals surface area contributed by atoms with E-state index in [1.165, 1.54) is 0 Å². The van der Waals surface area contributed by atoms with E-state index >= 15 is 0 Å². The van der Waals surface area contributed by atoms with Crippen LogP contribution in [0.5, 0.6) is 5.75 Å². The molecule has 1 aromatic carbocycles. The smallest absolute Gasteiger partial charge is 0.402 e. The topological polar surface area (TPSA) is 67.8 Å².